The molecule has 1 aromatic carbocycles. The topological polar surface area (TPSA) is 111 Å². The standard InChI is InChI=1S/C24H22N2O7/c1-30-17-11-14(12-18(31-2)23(17)32-3)20-19(21(27)16-8-6-10-33-16)22(28)24(29)26(20)13-15-7-4-5-9-25-15/h4-12,20,28H,13H2,1-3H3. The van der Waals surface area contributed by atoms with E-state index in [9.17, 15) is 14.7 Å². The molecule has 3 aromatic rings. The fraction of sp³-hybridized carbons (Fsp3) is 0.208. The summed E-state index contributed by atoms with van der Waals surface area (Å²) in [5.41, 5.74) is 0.954. The second-order valence-corrected chi connectivity index (χ2v) is 7.18. The monoisotopic (exact) mass is 450 g/mol. The van der Waals surface area contributed by atoms with Gasteiger partial charge in [-0.15, -0.1) is 0 Å². The summed E-state index contributed by atoms with van der Waals surface area (Å²) in [4.78, 5) is 32.1. The van der Waals surface area contributed by atoms with Gasteiger partial charge in [0, 0.05) is 6.20 Å². The van der Waals surface area contributed by atoms with E-state index >= 15 is 0 Å². The summed E-state index contributed by atoms with van der Waals surface area (Å²) in [6.45, 7) is 0.0556. The van der Waals surface area contributed by atoms with Crippen LogP contribution in [0.2, 0.25) is 0 Å². The molecule has 1 N–H and O–H groups in total. The maximum absolute atomic E-state index is 13.3. The molecule has 4 rings (SSSR count). The summed E-state index contributed by atoms with van der Waals surface area (Å²) in [6.07, 6.45) is 2.95. The summed E-state index contributed by atoms with van der Waals surface area (Å²) >= 11 is 0. The van der Waals surface area contributed by atoms with Crippen molar-refractivity contribution in [2.24, 2.45) is 0 Å². The molecule has 0 fully saturated rings. The van der Waals surface area contributed by atoms with Gasteiger partial charge < -0.3 is 28.6 Å². The maximum Gasteiger partial charge on any atom is 0.290 e. The molecule has 3 heterocycles. The average molecular weight is 450 g/mol. The van der Waals surface area contributed by atoms with Crippen molar-refractivity contribution in [2.45, 2.75) is 12.6 Å². The molecule has 1 amide bonds. The molecule has 1 unspecified atom stereocenters. The molecule has 9 nitrogen and oxygen atoms in total. The van der Waals surface area contributed by atoms with Gasteiger partial charge in [-0.05, 0) is 42.0 Å². The van der Waals surface area contributed by atoms with E-state index in [-0.39, 0.29) is 17.9 Å². The molecule has 0 bridgehead atoms. The predicted molar refractivity (Wildman–Crippen MR) is 116 cm³/mol. The first-order chi connectivity index (χ1) is 16.0. The smallest absolute Gasteiger partial charge is 0.290 e. The number of methoxy groups -OCH3 is 3. The van der Waals surface area contributed by atoms with Crippen LogP contribution in [0.5, 0.6) is 17.2 Å². The van der Waals surface area contributed by atoms with Gasteiger partial charge in [-0.25, -0.2) is 0 Å². The van der Waals surface area contributed by atoms with E-state index in [1.165, 1.54) is 38.6 Å². The molecule has 170 valence electrons. The number of aliphatic hydroxyl groups is 1. The Morgan fingerprint density at radius 2 is 1.82 bits per heavy atom. The molecule has 33 heavy (non-hydrogen) atoms. The molecule has 0 aliphatic carbocycles. The highest BCUT2D eigenvalue weighted by molar-refractivity contribution is 6.15. The number of aromatic nitrogens is 1. The predicted octanol–water partition coefficient (Wildman–Crippen LogP) is 3.48. The van der Waals surface area contributed by atoms with Gasteiger partial charge in [0.2, 0.25) is 11.5 Å². The first-order valence-corrected chi connectivity index (χ1v) is 10.0. The van der Waals surface area contributed by atoms with Crippen molar-refractivity contribution in [3.05, 3.63) is 83.3 Å². The molecule has 0 saturated heterocycles. The van der Waals surface area contributed by atoms with Crippen molar-refractivity contribution in [2.75, 3.05) is 21.3 Å². The molecule has 0 saturated carbocycles. The van der Waals surface area contributed by atoms with Crippen molar-refractivity contribution in [3.8, 4) is 17.2 Å². The van der Waals surface area contributed by atoms with E-state index in [4.69, 9.17) is 18.6 Å². The number of pyridine rings is 1. The van der Waals surface area contributed by atoms with E-state index in [1.807, 2.05) is 0 Å². The van der Waals surface area contributed by atoms with Crippen molar-refractivity contribution in [3.63, 3.8) is 0 Å². The van der Waals surface area contributed by atoms with Gasteiger partial charge in [-0.1, -0.05) is 6.07 Å². The number of ether oxygens (including phenoxy) is 3. The van der Waals surface area contributed by atoms with Gasteiger partial charge in [-0.3, -0.25) is 14.6 Å². The number of aliphatic hydroxyl groups excluding tert-OH is 1. The van der Waals surface area contributed by atoms with Crippen LogP contribution in [-0.4, -0.2) is 48.0 Å². The third-order valence-corrected chi connectivity index (χ3v) is 5.35. The van der Waals surface area contributed by atoms with E-state index in [1.54, 1.807) is 42.6 Å². The van der Waals surface area contributed by atoms with Crippen LogP contribution in [-0.2, 0) is 11.3 Å². The van der Waals surface area contributed by atoms with E-state index in [2.05, 4.69) is 4.98 Å². The Kier molecular flexibility index (Phi) is 6.03. The molecule has 2 aromatic heterocycles. The largest absolute Gasteiger partial charge is 0.503 e. The number of rotatable bonds is 8. The Hall–Kier alpha value is -4.27. The number of carbonyl (C=O) groups is 2. The Morgan fingerprint density at radius 3 is 2.36 bits per heavy atom. The van der Waals surface area contributed by atoms with E-state index < -0.39 is 23.5 Å². The van der Waals surface area contributed by atoms with Crippen molar-refractivity contribution >= 4 is 11.7 Å². The SMILES string of the molecule is COc1cc(C2C(C(=O)c3ccco3)=C(O)C(=O)N2Cc2ccccn2)cc(OC)c1OC. The number of benzene rings is 1. The number of amides is 1. The Morgan fingerprint density at radius 1 is 1.09 bits per heavy atom. The van der Waals surface area contributed by atoms with Crippen molar-refractivity contribution in [1.29, 1.82) is 0 Å². The molecular weight excluding hydrogens is 428 g/mol. The summed E-state index contributed by atoms with van der Waals surface area (Å²) in [6, 6.07) is 10.7. The average Bonchev–Trinajstić information content (AvgIpc) is 3.47. The Balaban J connectivity index is 1.88. The number of furan rings is 1. The second-order valence-electron chi connectivity index (χ2n) is 7.18. The highest BCUT2D eigenvalue weighted by Crippen LogP contribution is 2.45. The lowest BCUT2D eigenvalue weighted by Crippen LogP contribution is -2.31. The van der Waals surface area contributed by atoms with Gasteiger partial charge in [0.25, 0.3) is 5.91 Å². The van der Waals surface area contributed by atoms with Crippen LogP contribution in [0.1, 0.15) is 27.9 Å². The van der Waals surface area contributed by atoms with Gasteiger partial charge in [-0.2, -0.15) is 0 Å². The summed E-state index contributed by atoms with van der Waals surface area (Å²) in [5, 5.41) is 10.8. The van der Waals surface area contributed by atoms with Crippen LogP contribution < -0.4 is 14.2 Å². The van der Waals surface area contributed by atoms with Crippen LogP contribution in [0, 0.1) is 0 Å². The molecule has 1 atom stereocenters. The number of hydrogen-bond donors (Lipinski definition) is 1. The summed E-state index contributed by atoms with van der Waals surface area (Å²) in [7, 11) is 4.41. The van der Waals surface area contributed by atoms with Gasteiger partial charge in [0.05, 0.1) is 51.4 Å². The highest BCUT2D eigenvalue weighted by Gasteiger charge is 2.45. The third-order valence-electron chi connectivity index (χ3n) is 5.35. The molecule has 1 aliphatic heterocycles. The molecule has 1 aliphatic rings. The normalized spacial score (nSPS) is 15.7. The molecule has 0 spiro atoms. The first kappa shape index (κ1) is 21.9. The van der Waals surface area contributed by atoms with E-state index in [0.717, 1.165) is 0 Å². The third kappa shape index (κ3) is 3.89. The highest BCUT2D eigenvalue weighted by atomic mass is 16.5. The fourth-order valence-corrected chi connectivity index (χ4v) is 3.86. The van der Waals surface area contributed by atoms with Crippen molar-refractivity contribution < 1.29 is 33.3 Å². The Labute approximate surface area is 189 Å². The van der Waals surface area contributed by atoms with Crippen molar-refractivity contribution in [1.82, 2.24) is 9.88 Å². The number of ketones is 1. The number of hydrogen-bond acceptors (Lipinski definition) is 8. The van der Waals surface area contributed by atoms with Crippen LogP contribution in [0.4, 0.5) is 0 Å². The number of nitrogens with zero attached hydrogens (tertiary/aromatic N) is 2. The van der Waals surface area contributed by atoms with Crippen LogP contribution in [0.3, 0.4) is 0 Å². The minimum atomic E-state index is -0.953. The van der Waals surface area contributed by atoms with Crippen LogP contribution in [0.15, 0.2) is 70.7 Å². The minimum absolute atomic E-state index is 0.00137. The van der Waals surface area contributed by atoms with Crippen LogP contribution >= 0.6 is 0 Å². The van der Waals surface area contributed by atoms with E-state index in [0.29, 0.717) is 28.5 Å². The zero-order valence-corrected chi connectivity index (χ0v) is 18.3. The van der Waals surface area contributed by atoms with Crippen LogP contribution in [0.25, 0.3) is 0 Å². The number of carbonyl (C=O) groups excluding carboxylic acids is 2. The molecule has 9 heteroatoms. The maximum atomic E-state index is 13.3. The quantitative estimate of drug-likeness (QED) is 0.519. The van der Waals surface area contributed by atoms with Gasteiger partial charge in [0.15, 0.2) is 23.0 Å². The number of Topliss-reactive ketones (excluding diaryl/α,β-unsaturated/α-hetero) is 1. The second kappa shape index (κ2) is 9.07. The lowest BCUT2D eigenvalue weighted by Gasteiger charge is -2.27. The first-order valence-electron chi connectivity index (χ1n) is 10.0. The lowest BCUT2D eigenvalue weighted by atomic mass is 9.94. The van der Waals surface area contributed by atoms with Gasteiger partial charge in [0.1, 0.15) is 0 Å². The summed E-state index contributed by atoms with van der Waals surface area (Å²) in [5.74, 6) is -0.909. The minimum Gasteiger partial charge on any atom is -0.503 e. The zero-order chi connectivity index (χ0) is 23.5. The Bertz CT molecular complexity index is 1180. The molecule has 0 radical (unpaired) electrons. The molecular formula is C24H22N2O7. The van der Waals surface area contributed by atoms with Gasteiger partial charge >= 0.3 is 0 Å². The summed E-state index contributed by atoms with van der Waals surface area (Å²) < 4.78 is 21.5. The lowest BCUT2D eigenvalue weighted by molar-refractivity contribution is -0.130. The zero-order valence-electron chi connectivity index (χ0n) is 18.3. The fourth-order valence-electron chi connectivity index (χ4n) is 3.86.